The first-order valence-corrected chi connectivity index (χ1v) is 10.1. The van der Waals surface area contributed by atoms with Gasteiger partial charge >= 0.3 is 0 Å². The van der Waals surface area contributed by atoms with Crippen molar-refractivity contribution in [3.8, 4) is 0 Å². The van der Waals surface area contributed by atoms with Gasteiger partial charge in [-0.05, 0) is 12.8 Å². The topological polar surface area (TPSA) is 17.1 Å². The van der Waals surface area contributed by atoms with E-state index in [0.717, 1.165) is 22.9 Å². The van der Waals surface area contributed by atoms with Gasteiger partial charge < -0.3 is 4.79 Å². The molecule has 118 valence electrons. The van der Waals surface area contributed by atoms with Crippen molar-refractivity contribution < 1.29 is 4.79 Å². The predicted octanol–water partition coefficient (Wildman–Crippen LogP) is 4.99. The molecule has 0 aliphatic heterocycles. The number of rotatable bonds is 15. The molecular weight excluding hydrogens is 260 g/mol. The van der Waals surface area contributed by atoms with Crippen molar-refractivity contribution in [3.05, 3.63) is 12.2 Å². The smallest absolute Gasteiger partial charge is 0.123 e. The van der Waals surface area contributed by atoms with Gasteiger partial charge in [0.25, 0.3) is 0 Å². The molecule has 1 nitrogen and oxygen atoms in total. The van der Waals surface area contributed by atoms with Crippen LogP contribution in [0.4, 0.5) is 0 Å². The largest absolute Gasteiger partial charge is 0.303 e. The zero-order valence-electron chi connectivity index (χ0n) is 13.9. The Balaban J connectivity index is 3.06. The second-order valence-electron chi connectivity index (χ2n) is 6.10. The lowest BCUT2D eigenvalue weighted by molar-refractivity contribution is -0.107. The Morgan fingerprint density at radius 3 is 1.70 bits per heavy atom. The summed E-state index contributed by atoms with van der Waals surface area (Å²) in [7, 11) is 0.956. The minimum absolute atomic E-state index is 0.229. The van der Waals surface area contributed by atoms with Crippen LogP contribution < -0.4 is 0 Å². The molecule has 0 aromatic rings. The predicted molar refractivity (Wildman–Crippen MR) is 94.6 cm³/mol. The first-order chi connectivity index (χ1) is 9.81. The summed E-state index contributed by atoms with van der Waals surface area (Å²) in [4.78, 5) is 10.5. The molecule has 20 heavy (non-hydrogen) atoms. The monoisotopic (exact) mass is 296 g/mol. The molecule has 0 rings (SSSR count). The van der Waals surface area contributed by atoms with Crippen LogP contribution in [0.25, 0.3) is 0 Å². The van der Waals surface area contributed by atoms with Gasteiger partial charge in [0.2, 0.25) is 0 Å². The highest BCUT2D eigenvalue weighted by Gasteiger charge is 1.93. The van der Waals surface area contributed by atoms with Crippen LogP contribution in [0.1, 0.15) is 90.4 Å². The molecule has 0 saturated heterocycles. The highest BCUT2D eigenvalue weighted by molar-refractivity contribution is 6.21. The van der Waals surface area contributed by atoms with E-state index in [9.17, 15) is 4.79 Å². The van der Waals surface area contributed by atoms with Crippen molar-refractivity contribution in [3.63, 3.8) is 0 Å². The third-order valence-corrected chi connectivity index (χ3v) is 4.54. The molecule has 0 aromatic heterocycles. The summed E-state index contributed by atoms with van der Waals surface area (Å²) in [6.45, 7) is 2.28. The fourth-order valence-corrected chi connectivity index (χ4v) is 2.73. The van der Waals surface area contributed by atoms with Crippen molar-refractivity contribution in [1.82, 2.24) is 0 Å². The maximum Gasteiger partial charge on any atom is 0.123 e. The molecular formula is C18H36OSi. The Bertz CT molecular complexity index is 225. The molecule has 1 atom stereocenters. The lowest BCUT2D eigenvalue weighted by atomic mass is 10.0. The quantitative estimate of drug-likeness (QED) is 0.180. The molecule has 0 heterocycles. The third kappa shape index (κ3) is 15.7. The van der Waals surface area contributed by atoms with E-state index in [4.69, 9.17) is 0 Å². The SMILES string of the molecule is CCCCCCCCCCCCCCC=CC([SiH3])C=O. The summed E-state index contributed by atoms with van der Waals surface area (Å²) >= 11 is 0. The van der Waals surface area contributed by atoms with Gasteiger partial charge in [0.1, 0.15) is 6.29 Å². The average Bonchev–Trinajstić information content (AvgIpc) is 2.47. The maximum atomic E-state index is 10.5. The highest BCUT2D eigenvalue weighted by atomic mass is 28.1. The van der Waals surface area contributed by atoms with Crippen LogP contribution >= 0.6 is 0 Å². The first-order valence-electron chi connectivity index (χ1n) is 8.93. The van der Waals surface area contributed by atoms with E-state index < -0.39 is 0 Å². The van der Waals surface area contributed by atoms with Gasteiger partial charge in [-0.15, -0.1) is 0 Å². The van der Waals surface area contributed by atoms with Crippen LogP contribution in [-0.2, 0) is 4.79 Å². The van der Waals surface area contributed by atoms with E-state index in [0.29, 0.717) is 0 Å². The van der Waals surface area contributed by atoms with E-state index in [-0.39, 0.29) is 5.54 Å². The van der Waals surface area contributed by atoms with E-state index in [1.807, 2.05) is 0 Å². The Morgan fingerprint density at radius 1 is 0.800 bits per heavy atom. The number of hydrogen-bond donors (Lipinski definition) is 0. The minimum atomic E-state index is 0.229. The molecule has 2 heteroatoms. The van der Waals surface area contributed by atoms with E-state index >= 15 is 0 Å². The molecule has 0 aliphatic rings. The normalized spacial score (nSPS) is 13.1. The summed E-state index contributed by atoms with van der Waals surface area (Å²) in [6.07, 6.45) is 23.4. The molecule has 0 aliphatic carbocycles. The average molecular weight is 297 g/mol. The molecule has 1 unspecified atom stereocenters. The first kappa shape index (κ1) is 19.6. The number of carbonyl (C=O) groups excluding carboxylic acids is 1. The fraction of sp³-hybridized carbons (Fsp3) is 0.833. The van der Waals surface area contributed by atoms with Crippen molar-refractivity contribution in [1.29, 1.82) is 0 Å². The van der Waals surface area contributed by atoms with Crippen LogP contribution in [0, 0.1) is 0 Å². The highest BCUT2D eigenvalue weighted by Crippen LogP contribution is 2.12. The van der Waals surface area contributed by atoms with Gasteiger partial charge in [-0.3, -0.25) is 0 Å². The second kappa shape index (κ2) is 16.7. The minimum Gasteiger partial charge on any atom is -0.303 e. The fourth-order valence-electron chi connectivity index (χ4n) is 2.46. The number of unbranched alkanes of at least 4 members (excludes halogenated alkanes) is 12. The van der Waals surface area contributed by atoms with Gasteiger partial charge in [-0.2, -0.15) is 0 Å². The van der Waals surface area contributed by atoms with Crippen molar-refractivity contribution in [2.45, 2.75) is 95.9 Å². The molecule has 0 aromatic carbocycles. The number of aldehydes is 1. The summed E-state index contributed by atoms with van der Waals surface area (Å²) in [5, 5.41) is 0. The molecule has 0 bridgehead atoms. The van der Waals surface area contributed by atoms with Crippen molar-refractivity contribution in [2.75, 3.05) is 0 Å². The third-order valence-electron chi connectivity index (χ3n) is 3.88. The molecule has 0 spiro atoms. The number of hydrogen-bond acceptors (Lipinski definition) is 1. The molecule has 0 fully saturated rings. The summed E-state index contributed by atoms with van der Waals surface area (Å²) < 4.78 is 0. The van der Waals surface area contributed by atoms with E-state index in [1.165, 1.54) is 77.0 Å². The molecule has 0 amide bonds. The van der Waals surface area contributed by atoms with Crippen molar-refractivity contribution in [2.24, 2.45) is 0 Å². The molecule has 0 radical (unpaired) electrons. The van der Waals surface area contributed by atoms with Crippen LogP contribution in [0.2, 0.25) is 5.54 Å². The molecule has 0 N–H and O–H groups in total. The lowest BCUT2D eigenvalue weighted by Crippen LogP contribution is -1.86. The summed E-state index contributed by atoms with van der Waals surface area (Å²) in [6, 6.07) is 0. The Kier molecular flexibility index (Phi) is 16.4. The van der Waals surface area contributed by atoms with Gasteiger partial charge in [-0.25, -0.2) is 0 Å². The van der Waals surface area contributed by atoms with Gasteiger partial charge in [0.15, 0.2) is 0 Å². The summed E-state index contributed by atoms with van der Waals surface area (Å²) in [5.74, 6) is 0. The van der Waals surface area contributed by atoms with Gasteiger partial charge in [-0.1, -0.05) is 89.7 Å². The van der Waals surface area contributed by atoms with E-state index in [2.05, 4.69) is 19.1 Å². The van der Waals surface area contributed by atoms with Gasteiger partial charge in [0.05, 0.1) is 0 Å². The van der Waals surface area contributed by atoms with Crippen LogP contribution in [0.15, 0.2) is 12.2 Å². The number of allylic oxidation sites excluding steroid dienone is 2. The van der Waals surface area contributed by atoms with Crippen LogP contribution in [0.3, 0.4) is 0 Å². The van der Waals surface area contributed by atoms with E-state index in [1.54, 1.807) is 0 Å². The summed E-state index contributed by atoms with van der Waals surface area (Å²) in [5.41, 5.74) is 0.229. The second-order valence-corrected chi connectivity index (χ2v) is 7.43. The standard InChI is InChI=1S/C18H36OSi/c1-2-3-4-5-6-7-8-9-10-11-12-13-14-15-16-18(20)17-19/h15-18H,2-14H2,1,20H3. The molecule has 0 saturated carbocycles. The Labute approximate surface area is 130 Å². The van der Waals surface area contributed by atoms with Crippen molar-refractivity contribution >= 4 is 16.5 Å². The number of carbonyl (C=O) groups is 1. The lowest BCUT2D eigenvalue weighted by Gasteiger charge is -2.02. The Morgan fingerprint density at radius 2 is 1.25 bits per heavy atom. The zero-order chi connectivity index (χ0) is 14.9. The van der Waals surface area contributed by atoms with Gasteiger partial charge in [0, 0.05) is 15.8 Å². The zero-order valence-corrected chi connectivity index (χ0v) is 15.9. The van der Waals surface area contributed by atoms with Crippen LogP contribution in [0.5, 0.6) is 0 Å². The maximum absolute atomic E-state index is 10.5. The van der Waals surface area contributed by atoms with Crippen LogP contribution in [-0.4, -0.2) is 16.5 Å². The Hall–Kier alpha value is -0.373.